The lowest BCUT2D eigenvalue weighted by Gasteiger charge is -2.20. The van der Waals surface area contributed by atoms with Gasteiger partial charge in [0.25, 0.3) is 0 Å². The maximum absolute atomic E-state index is 3.69. The van der Waals surface area contributed by atoms with Crippen LogP contribution in [0.3, 0.4) is 0 Å². The molecule has 0 spiro atoms. The predicted molar refractivity (Wildman–Crippen MR) is 68.6 cm³/mol. The zero-order valence-electron chi connectivity index (χ0n) is 9.49. The first-order valence-electron chi connectivity index (χ1n) is 5.71. The highest BCUT2D eigenvalue weighted by Crippen LogP contribution is 2.31. The Labute approximate surface area is 96.7 Å². The van der Waals surface area contributed by atoms with Gasteiger partial charge in [0.2, 0.25) is 0 Å². The first-order valence-corrected chi connectivity index (χ1v) is 6.93. The lowest BCUT2D eigenvalue weighted by molar-refractivity contribution is 0.555. The molecule has 1 nitrogen and oxygen atoms in total. The minimum atomic E-state index is 0.679. The molecule has 0 aromatic heterocycles. The average molecular weight is 221 g/mol. The molecule has 0 radical (unpaired) electrons. The summed E-state index contributed by atoms with van der Waals surface area (Å²) >= 11 is 1.82. The van der Waals surface area contributed by atoms with Crippen molar-refractivity contribution in [1.29, 1.82) is 0 Å². The molecule has 15 heavy (non-hydrogen) atoms. The molecule has 1 aliphatic carbocycles. The van der Waals surface area contributed by atoms with E-state index in [2.05, 4.69) is 42.8 Å². The van der Waals surface area contributed by atoms with Crippen LogP contribution in [0.4, 0.5) is 5.69 Å². The number of benzene rings is 1. The van der Waals surface area contributed by atoms with Crippen molar-refractivity contribution >= 4 is 17.4 Å². The molecule has 0 aliphatic heterocycles. The van der Waals surface area contributed by atoms with Crippen molar-refractivity contribution in [2.45, 2.75) is 37.1 Å². The molecule has 0 amide bonds. The molecular formula is C13H19NS. The van der Waals surface area contributed by atoms with E-state index in [-0.39, 0.29) is 0 Å². The fourth-order valence-electron chi connectivity index (χ4n) is 2.32. The maximum Gasteiger partial charge on any atom is 0.0480 e. The Morgan fingerprint density at radius 1 is 1.27 bits per heavy atom. The second-order valence-electron chi connectivity index (χ2n) is 4.36. The number of anilines is 1. The third-order valence-electron chi connectivity index (χ3n) is 3.31. The van der Waals surface area contributed by atoms with Gasteiger partial charge in [0.1, 0.15) is 0 Å². The molecule has 1 saturated carbocycles. The molecule has 2 heteroatoms. The molecule has 0 unspecified atom stereocenters. The van der Waals surface area contributed by atoms with Gasteiger partial charge in [-0.1, -0.05) is 25.5 Å². The second-order valence-corrected chi connectivity index (χ2v) is 5.21. The van der Waals surface area contributed by atoms with Crippen LogP contribution in [0.5, 0.6) is 0 Å². The van der Waals surface area contributed by atoms with E-state index in [4.69, 9.17) is 0 Å². The van der Waals surface area contributed by atoms with Gasteiger partial charge in [0.15, 0.2) is 0 Å². The van der Waals surface area contributed by atoms with Crippen LogP contribution in [0.15, 0.2) is 29.2 Å². The van der Waals surface area contributed by atoms with Crippen LogP contribution in [0.1, 0.15) is 26.2 Å². The molecule has 1 aromatic rings. The van der Waals surface area contributed by atoms with Gasteiger partial charge in [0.05, 0.1) is 0 Å². The summed E-state index contributed by atoms with van der Waals surface area (Å²) in [6.07, 6.45) is 6.21. The third kappa shape index (κ3) is 2.49. The van der Waals surface area contributed by atoms with E-state index in [0.717, 1.165) is 5.92 Å². The lowest BCUT2D eigenvalue weighted by atomic mass is 10.1. The summed E-state index contributed by atoms with van der Waals surface area (Å²) < 4.78 is 0. The topological polar surface area (TPSA) is 12.0 Å². The zero-order chi connectivity index (χ0) is 10.7. The second kappa shape index (κ2) is 4.93. The number of hydrogen-bond acceptors (Lipinski definition) is 2. The Balaban J connectivity index is 2.09. The van der Waals surface area contributed by atoms with Crippen LogP contribution in [-0.2, 0) is 0 Å². The highest BCUT2D eigenvalue weighted by molar-refractivity contribution is 7.98. The minimum absolute atomic E-state index is 0.679. The highest BCUT2D eigenvalue weighted by Gasteiger charge is 2.23. The number of hydrogen-bond donors (Lipinski definition) is 1. The Kier molecular flexibility index (Phi) is 3.57. The van der Waals surface area contributed by atoms with Gasteiger partial charge in [-0.25, -0.2) is 0 Å². The van der Waals surface area contributed by atoms with E-state index in [1.165, 1.54) is 29.8 Å². The molecule has 82 valence electrons. The number of para-hydroxylation sites is 1. The number of rotatable bonds is 3. The monoisotopic (exact) mass is 221 g/mol. The molecule has 0 heterocycles. The van der Waals surface area contributed by atoms with Crippen LogP contribution < -0.4 is 5.32 Å². The van der Waals surface area contributed by atoms with Crippen LogP contribution in [0.2, 0.25) is 0 Å². The largest absolute Gasteiger partial charge is 0.381 e. The number of thioether (sulfide) groups is 1. The smallest absolute Gasteiger partial charge is 0.0480 e. The van der Waals surface area contributed by atoms with E-state index >= 15 is 0 Å². The predicted octanol–water partition coefficient (Wildman–Crippen LogP) is 4.01. The zero-order valence-corrected chi connectivity index (χ0v) is 10.3. The molecule has 1 aliphatic rings. The van der Waals surface area contributed by atoms with Gasteiger partial charge in [-0.3, -0.25) is 0 Å². The lowest BCUT2D eigenvalue weighted by Crippen LogP contribution is -2.22. The highest BCUT2D eigenvalue weighted by atomic mass is 32.2. The van der Waals surface area contributed by atoms with Crippen molar-refractivity contribution < 1.29 is 0 Å². The van der Waals surface area contributed by atoms with Crippen molar-refractivity contribution in [2.75, 3.05) is 11.6 Å². The van der Waals surface area contributed by atoms with Crippen molar-refractivity contribution in [3.63, 3.8) is 0 Å². The molecule has 1 fully saturated rings. The van der Waals surface area contributed by atoms with Gasteiger partial charge >= 0.3 is 0 Å². The Hall–Kier alpha value is -0.630. The van der Waals surface area contributed by atoms with E-state index in [1.54, 1.807) is 0 Å². The number of nitrogens with one attached hydrogen (secondary N) is 1. The van der Waals surface area contributed by atoms with Gasteiger partial charge < -0.3 is 5.32 Å². The molecule has 0 saturated heterocycles. The third-order valence-corrected chi connectivity index (χ3v) is 4.11. The Morgan fingerprint density at radius 2 is 2.07 bits per heavy atom. The standard InChI is InChI=1S/C13H19NS/c1-10-6-5-8-11(10)14-12-7-3-4-9-13(12)15-2/h3-4,7,9-11,14H,5-6,8H2,1-2H3/t10-,11-/m0/s1. The summed E-state index contributed by atoms with van der Waals surface area (Å²) in [4.78, 5) is 1.36. The normalized spacial score (nSPS) is 25.5. The van der Waals surface area contributed by atoms with Crippen molar-refractivity contribution in [3.05, 3.63) is 24.3 Å². The molecule has 1 N–H and O–H groups in total. The first kappa shape index (κ1) is 10.9. The Bertz CT molecular complexity index is 324. The van der Waals surface area contributed by atoms with Crippen molar-refractivity contribution in [2.24, 2.45) is 5.92 Å². The summed E-state index contributed by atoms with van der Waals surface area (Å²) in [7, 11) is 0. The van der Waals surface area contributed by atoms with Crippen molar-refractivity contribution in [1.82, 2.24) is 0 Å². The van der Waals surface area contributed by atoms with E-state index < -0.39 is 0 Å². The minimum Gasteiger partial charge on any atom is -0.381 e. The summed E-state index contributed by atoms with van der Waals surface area (Å²) in [6, 6.07) is 9.28. The first-order chi connectivity index (χ1) is 7.31. The summed E-state index contributed by atoms with van der Waals surface area (Å²) in [5, 5.41) is 3.69. The fourth-order valence-corrected chi connectivity index (χ4v) is 2.89. The van der Waals surface area contributed by atoms with Crippen LogP contribution in [-0.4, -0.2) is 12.3 Å². The van der Waals surface area contributed by atoms with Crippen LogP contribution >= 0.6 is 11.8 Å². The summed E-state index contributed by atoms with van der Waals surface area (Å²) in [5.74, 6) is 0.819. The molecule has 0 bridgehead atoms. The fraction of sp³-hybridized carbons (Fsp3) is 0.538. The molecule has 2 rings (SSSR count). The quantitative estimate of drug-likeness (QED) is 0.774. The summed E-state index contributed by atoms with van der Waals surface area (Å²) in [5.41, 5.74) is 1.31. The maximum atomic E-state index is 3.69. The van der Waals surface area contributed by atoms with E-state index in [9.17, 15) is 0 Å². The molecule has 2 atom stereocenters. The van der Waals surface area contributed by atoms with Gasteiger partial charge in [-0.2, -0.15) is 0 Å². The molecule has 1 aromatic carbocycles. The van der Waals surface area contributed by atoms with Crippen LogP contribution in [0, 0.1) is 5.92 Å². The van der Waals surface area contributed by atoms with E-state index in [1.807, 2.05) is 11.8 Å². The average Bonchev–Trinajstić information content (AvgIpc) is 2.65. The van der Waals surface area contributed by atoms with Crippen molar-refractivity contribution in [3.8, 4) is 0 Å². The van der Waals surface area contributed by atoms with Crippen LogP contribution in [0.25, 0.3) is 0 Å². The SMILES string of the molecule is CSc1ccccc1N[C@H]1CCC[C@@H]1C. The van der Waals surface area contributed by atoms with Gasteiger partial charge in [-0.05, 0) is 37.1 Å². The van der Waals surface area contributed by atoms with Gasteiger partial charge in [-0.15, -0.1) is 11.8 Å². The summed E-state index contributed by atoms with van der Waals surface area (Å²) in [6.45, 7) is 2.35. The van der Waals surface area contributed by atoms with Gasteiger partial charge in [0, 0.05) is 16.6 Å². The van der Waals surface area contributed by atoms with E-state index in [0.29, 0.717) is 6.04 Å². The molecular weight excluding hydrogens is 202 g/mol. The Morgan fingerprint density at radius 3 is 2.73 bits per heavy atom.